The van der Waals surface area contributed by atoms with Crippen LogP contribution in [-0.4, -0.2) is 19.8 Å². The van der Waals surface area contributed by atoms with Crippen molar-refractivity contribution in [2.75, 3.05) is 19.8 Å². The van der Waals surface area contributed by atoms with E-state index in [2.05, 4.69) is 5.32 Å². The Balaban J connectivity index is 1.56. The van der Waals surface area contributed by atoms with E-state index in [1.54, 1.807) is 0 Å². The molecular formula is C16H22ClNO2. The summed E-state index contributed by atoms with van der Waals surface area (Å²) in [5.74, 6) is 2.43. The second-order valence-electron chi connectivity index (χ2n) is 5.72. The van der Waals surface area contributed by atoms with Crippen molar-refractivity contribution in [1.82, 2.24) is 5.32 Å². The molecule has 0 saturated heterocycles. The summed E-state index contributed by atoms with van der Waals surface area (Å²) in [7, 11) is 0. The van der Waals surface area contributed by atoms with Crippen LogP contribution in [0.3, 0.4) is 0 Å². The quantitative estimate of drug-likeness (QED) is 0.839. The molecule has 1 heterocycles. The van der Waals surface area contributed by atoms with E-state index in [1.165, 1.54) is 25.7 Å². The van der Waals surface area contributed by atoms with Crippen molar-refractivity contribution in [3.63, 3.8) is 0 Å². The topological polar surface area (TPSA) is 30.5 Å². The maximum atomic E-state index is 6.28. The zero-order valence-electron chi connectivity index (χ0n) is 11.8. The van der Waals surface area contributed by atoms with Gasteiger partial charge in [-0.15, -0.1) is 0 Å². The highest BCUT2D eigenvalue weighted by atomic mass is 35.5. The Morgan fingerprint density at radius 2 is 2.00 bits per heavy atom. The Kier molecular flexibility index (Phi) is 4.69. The fourth-order valence-electron chi connectivity index (χ4n) is 2.71. The summed E-state index contributed by atoms with van der Waals surface area (Å²) in [5.41, 5.74) is 1.16. The predicted octanol–water partition coefficient (Wildman–Crippen LogP) is 3.78. The normalized spacial score (nSPS) is 18.4. The first-order chi connectivity index (χ1) is 9.83. The van der Waals surface area contributed by atoms with Gasteiger partial charge in [-0.1, -0.05) is 30.9 Å². The summed E-state index contributed by atoms with van der Waals surface area (Å²) >= 11 is 6.28. The first kappa shape index (κ1) is 14.0. The average Bonchev–Trinajstić information content (AvgIpc) is 2.62. The molecule has 110 valence electrons. The number of nitrogens with one attached hydrogen (secondary N) is 1. The van der Waals surface area contributed by atoms with Crippen LogP contribution in [0, 0.1) is 5.92 Å². The molecule has 0 unspecified atom stereocenters. The van der Waals surface area contributed by atoms with Crippen LogP contribution in [-0.2, 0) is 6.54 Å². The fourth-order valence-corrected chi connectivity index (χ4v) is 2.99. The lowest BCUT2D eigenvalue weighted by atomic mass is 9.83. The minimum atomic E-state index is 0.653. The predicted molar refractivity (Wildman–Crippen MR) is 80.7 cm³/mol. The highest BCUT2D eigenvalue weighted by molar-refractivity contribution is 6.32. The van der Waals surface area contributed by atoms with Gasteiger partial charge in [0, 0.05) is 13.0 Å². The molecule has 1 N–H and O–H groups in total. The molecule has 1 aliphatic heterocycles. The Morgan fingerprint density at radius 3 is 2.80 bits per heavy atom. The largest absolute Gasteiger partial charge is 0.489 e. The maximum Gasteiger partial charge on any atom is 0.179 e. The van der Waals surface area contributed by atoms with Gasteiger partial charge in [-0.05, 0) is 36.6 Å². The summed E-state index contributed by atoms with van der Waals surface area (Å²) < 4.78 is 11.3. The lowest BCUT2D eigenvalue weighted by molar-refractivity contribution is 0.292. The van der Waals surface area contributed by atoms with E-state index < -0.39 is 0 Å². The number of benzene rings is 1. The van der Waals surface area contributed by atoms with Crippen LogP contribution in [0.4, 0.5) is 0 Å². The zero-order valence-corrected chi connectivity index (χ0v) is 12.5. The molecule has 0 atom stereocenters. The van der Waals surface area contributed by atoms with Crippen molar-refractivity contribution in [1.29, 1.82) is 0 Å². The third kappa shape index (κ3) is 3.39. The van der Waals surface area contributed by atoms with E-state index in [9.17, 15) is 0 Å². The van der Waals surface area contributed by atoms with Gasteiger partial charge in [0.1, 0.15) is 0 Å². The van der Waals surface area contributed by atoms with Crippen LogP contribution < -0.4 is 14.8 Å². The van der Waals surface area contributed by atoms with Crippen molar-refractivity contribution in [2.24, 2.45) is 5.92 Å². The molecule has 0 amide bonds. The molecule has 1 saturated carbocycles. The molecule has 3 rings (SSSR count). The molecular weight excluding hydrogens is 274 g/mol. The Hall–Kier alpha value is -0.930. The van der Waals surface area contributed by atoms with Crippen molar-refractivity contribution < 1.29 is 9.47 Å². The maximum absolute atomic E-state index is 6.28. The minimum absolute atomic E-state index is 0.653. The van der Waals surface area contributed by atoms with Gasteiger partial charge in [0.05, 0.1) is 18.2 Å². The molecule has 20 heavy (non-hydrogen) atoms. The van der Waals surface area contributed by atoms with Crippen LogP contribution in [0.1, 0.15) is 37.7 Å². The van der Waals surface area contributed by atoms with Crippen molar-refractivity contribution in [3.8, 4) is 11.5 Å². The van der Waals surface area contributed by atoms with Crippen LogP contribution in [0.25, 0.3) is 0 Å². The van der Waals surface area contributed by atoms with Gasteiger partial charge in [-0.3, -0.25) is 0 Å². The van der Waals surface area contributed by atoms with Gasteiger partial charge in [0.25, 0.3) is 0 Å². The smallest absolute Gasteiger partial charge is 0.179 e. The standard InChI is InChI=1S/C16H22ClNO2/c17-14-9-13(11-18-6-5-12-3-1-4-12)10-15-16(14)20-8-2-7-19-15/h9-10,12,18H,1-8,11H2. The summed E-state index contributed by atoms with van der Waals surface area (Å²) in [6.07, 6.45) is 6.44. The summed E-state index contributed by atoms with van der Waals surface area (Å²) in [6, 6.07) is 4.02. The molecule has 1 aliphatic carbocycles. The first-order valence-corrected chi connectivity index (χ1v) is 7.99. The molecule has 1 fully saturated rings. The number of rotatable bonds is 5. The molecule has 3 nitrogen and oxygen atoms in total. The zero-order chi connectivity index (χ0) is 13.8. The second kappa shape index (κ2) is 6.68. The Morgan fingerprint density at radius 1 is 1.15 bits per heavy atom. The van der Waals surface area contributed by atoms with Crippen molar-refractivity contribution >= 4 is 11.6 Å². The third-order valence-electron chi connectivity index (χ3n) is 4.15. The molecule has 4 heteroatoms. The van der Waals surface area contributed by atoms with Crippen molar-refractivity contribution in [2.45, 2.75) is 38.6 Å². The fraction of sp³-hybridized carbons (Fsp3) is 0.625. The van der Waals surface area contributed by atoms with E-state index in [0.29, 0.717) is 24.0 Å². The SMILES string of the molecule is Clc1cc(CNCCC2CCC2)cc2c1OCCCO2. The Labute approximate surface area is 125 Å². The number of ether oxygens (including phenoxy) is 2. The molecule has 1 aromatic rings. The monoisotopic (exact) mass is 295 g/mol. The molecule has 0 bridgehead atoms. The number of hydrogen-bond acceptors (Lipinski definition) is 3. The van der Waals surface area contributed by atoms with Gasteiger partial charge < -0.3 is 14.8 Å². The molecule has 0 aromatic heterocycles. The highest BCUT2D eigenvalue weighted by Gasteiger charge is 2.17. The van der Waals surface area contributed by atoms with E-state index in [-0.39, 0.29) is 0 Å². The lowest BCUT2D eigenvalue weighted by Gasteiger charge is -2.25. The van der Waals surface area contributed by atoms with Crippen LogP contribution >= 0.6 is 11.6 Å². The summed E-state index contributed by atoms with van der Waals surface area (Å²) in [4.78, 5) is 0. The third-order valence-corrected chi connectivity index (χ3v) is 4.43. The van der Waals surface area contributed by atoms with Crippen LogP contribution in [0.2, 0.25) is 5.02 Å². The number of halogens is 1. The average molecular weight is 296 g/mol. The summed E-state index contributed by atoms with van der Waals surface area (Å²) in [6.45, 7) is 3.29. The van der Waals surface area contributed by atoms with E-state index >= 15 is 0 Å². The van der Waals surface area contributed by atoms with Gasteiger partial charge >= 0.3 is 0 Å². The van der Waals surface area contributed by atoms with Crippen LogP contribution in [0.15, 0.2) is 12.1 Å². The lowest BCUT2D eigenvalue weighted by Crippen LogP contribution is -2.21. The van der Waals surface area contributed by atoms with Crippen LogP contribution in [0.5, 0.6) is 11.5 Å². The second-order valence-corrected chi connectivity index (χ2v) is 6.12. The van der Waals surface area contributed by atoms with E-state index in [4.69, 9.17) is 21.1 Å². The molecule has 0 spiro atoms. The Bertz CT molecular complexity index is 460. The van der Waals surface area contributed by atoms with Gasteiger partial charge in [0.2, 0.25) is 0 Å². The molecule has 2 aliphatic rings. The van der Waals surface area contributed by atoms with E-state index in [0.717, 1.165) is 36.7 Å². The number of fused-ring (bicyclic) bond motifs is 1. The van der Waals surface area contributed by atoms with Gasteiger partial charge in [-0.25, -0.2) is 0 Å². The minimum Gasteiger partial charge on any atom is -0.489 e. The van der Waals surface area contributed by atoms with E-state index in [1.807, 2.05) is 12.1 Å². The van der Waals surface area contributed by atoms with Crippen molar-refractivity contribution in [3.05, 3.63) is 22.7 Å². The number of hydrogen-bond donors (Lipinski definition) is 1. The molecule has 1 aromatic carbocycles. The first-order valence-electron chi connectivity index (χ1n) is 7.61. The van der Waals surface area contributed by atoms with Gasteiger partial charge in [-0.2, -0.15) is 0 Å². The summed E-state index contributed by atoms with van der Waals surface area (Å²) in [5, 5.41) is 4.15. The molecule has 0 radical (unpaired) electrons. The van der Waals surface area contributed by atoms with Gasteiger partial charge in [0.15, 0.2) is 11.5 Å². The highest BCUT2D eigenvalue weighted by Crippen LogP contribution is 2.38.